The normalized spacial score (nSPS) is 17.3. The minimum atomic E-state index is -1.05. The van der Waals surface area contributed by atoms with Gasteiger partial charge in [-0.05, 0) is 44.1 Å². The van der Waals surface area contributed by atoms with Crippen LogP contribution in [0.4, 0.5) is 0 Å². The van der Waals surface area contributed by atoms with Crippen molar-refractivity contribution in [2.24, 2.45) is 11.7 Å². The topological polar surface area (TPSA) is 150 Å². The Hall–Kier alpha value is -2.45. The molecule has 0 spiro atoms. The van der Waals surface area contributed by atoms with E-state index in [0.29, 0.717) is 12.8 Å². The number of benzene rings is 1. The third-order valence-electron chi connectivity index (χ3n) is 5.13. The number of aliphatic carboxylic acids is 3. The van der Waals surface area contributed by atoms with Crippen molar-refractivity contribution in [3.8, 4) is 0 Å². The first-order valence-corrected chi connectivity index (χ1v) is 9.96. The number of nitrogens with two attached hydrogens (primary N) is 1. The molecule has 3 atom stereocenters. The van der Waals surface area contributed by atoms with E-state index >= 15 is 0 Å². The Bertz CT molecular complexity index is 646. The number of carboxylic acid groups (broad SMARTS) is 3. The molecule has 1 fully saturated rings. The second-order valence-corrected chi connectivity index (χ2v) is 7.40. The quantitative estimate of drug-likeness (QED) is 0.417. The van der Waals surface area contributed by atoms with Crippen LogP contribution in [0, 0.1) is 5.92 Å². The summed E-state index contributed by atoms with van der Waals surface area (Å²) in [6.07, 6.45) is 6.47. The molecule has 1 aromatic rings. The van der Waals surface area contributed by atoms with Crippen LogP contribution in [0.5, 0.6) is 0 Å². The number of nitrogens with one attached hydrogen (secondary N) is 1. The van der Waals surface area contributed by atoms with E-state index in [0.717, 1.165) is 31.2 Å². The van der Waals surface area contributed by atoms with Gasteiger partial charge in [0.15, 0.2) is 0 Å². The summed E-state index contributed by atoms with van der Waals surface area (Å²) in [5.41, 5.74) is 6.53. The molecule has 29 heavy (non-hydrogen) atoms. The second kappa shape index (κ2) is 12.9. The molecular formula is C21H32N2O6. The van der Waals surface area contributed by atoms with Crippen LogP contribution < -0.4 is 11.1 Å². The molecule has 0 bridgehead atoms. The standard InChI is InChI=1S/C13H17NO4.C8H15NO2/c1-9(12(15)16)14-11(13(17)18)8-7-10-5-3-2-4-6-10;9-7(8(10)11)6-4-2-1-3-5-6/h2-6,9,11,14H,7-8H2,1H3,(H,15,16)(H,17,18);6-7H,1-5,9H2,(H,10,11)/t9-,11+;7-/m10/s1. The molecule has 0 amide bonds. The molecule has 1 aromatic carbocycles. The molecule has 162 valence electrons. The Kier molecular flexibility index (Phi) is 10.9. The molecule has 0 saturated heterocycles. The molecule has 8 heteroatoms. The van der Waals surface area contributed by atoms with Crippen molar-refractivity contribution in [1.82, 2.24) is 5.32 Å². The van der Waals surface area contributed by atoms with E-state index in [1.54, 1.807) is 0 Å². The Morgan fingerprint density at radius 1 is 1.00 bits per heavy atom. The molecular weight excluding hydrogens is 376 g/mol. The lowest BCUT2D eigenvalue weighted by molar-refractivity contribution is -0.143. The fourth-order valence-corrected chi connectivity index (χ4v) is 3.30. The Morgan fingerprint density at radius 2 is 1.59 bits per heavy atom. The number of hydrogen-bond donors (Lipinski definition) is 5. The van der Waals surface area contributed by atoms with Crippen LogP contribution in [0.15, 0.2) is 30.3 Å². The zero-order valence-electron chi connectivity index (χ0n) is 16.8. The highest BCUT2D eigenvalue weighted by Gasteiger charge is 2.25. The first-order valence-electron chi connectivity index (χ1n) is 9.96. The molecule has 1 aliphatic rings. The molecule has 0 aromatic heterocycles. The predicted molar refractivity (Wildman–Crippen MR) is 109 cm³/mol. The lowest BCUT2D eigenvalue weighted by Gasteiger charge is -2.24. The first kappa shape index (κ1) is 24.6. The van der Waals surface area contributed by atoms with Gasteiger partial charge >= 0.3 is 17.9 Å². The highest BCUT2D eigenvalue weighted by atomic mass is 16.4. The fraction of sp³-hybridized carbons (Fsp3) is 0.571. The van der Waals surface area contributed by atoms with Gasteiger partial charge in [-0.25, -0.2) is 0 Å². The number of rotatable bonds is 9. The van der Waals surface area contributed by atoms with E-state index in [-0.39, 0.29) is 5.92 Å². The van der Waals surface area contributed by atoms with Gasteiger partial charge < -0.3 is 21.1 Å². The van der Waals surface area contributed by atoms with Gasteiger partial charge in [0.1, 0.15) is 18.1 Å². The first-order chi connectivity index (χ1) is 13.7. The molecule has 8 nitrogen and oxygen atoms in total. The summed E-state index contributed by atoms with van der Waals surface area (Å²) in [4.78, 5) is 32.2. The van der Waals surface area contributed by atoms with Crippen LogP contribution in [0.1, 0.15) is 51.0 Å². The third kappa shape index (κ3) is 9.54. The van der Waals surface area contributed by atoms with Gasteiger partial charge in [0, 0.05) is 0 Å². The average molecular weight is 408 g/mol. The fourth-order valence-electron chi connectivity index (χ4n) is 3.30. The van der Waals surface area contributed by atoms with Crippen molar-refractivity contribution in [2.75, 3.05) is 0 Å². The predicted octanol–water partition coefficient (Wildman–Crippen LogP) is 2.11. The molecule has 0 radical (unpaired) electrons. The summed E-state index contributed by atoms with van der Waals surface area (Å²) >= 11 is 0. The number of hydrogen-bond acceptors (Lipinski definition) is 5. The van der Waals surface area contributed by atoms with E-state index in [2.05, 4.69) is 5.32 Å². The monoisotopic (exact) mass is 408 g/mol. The van der Waals surface area contributed by atoms with Gasteiger partial charge in [-0.3, -0.25) is 19.7 Å². The van der Waals surface area contributed by atoms with Gasteiger partial charge in [0.05, 0.1) is 0 Å². The summed E-state index contributed by atoms with van der Waals surface area (Å²) < 4.78 is 0. The van der Waals surface area contributed by atoms with E-state index in [1.807, 2.05) is 30.3 Å². The summed E-state index contributed by atoms with van der Waals surface area (Å²) in [6, 6.07) is 7.15. The zero-order valence-corrected chi connectivity index (χ0v) is 16.8. The van der Waals surface area contributed by atoms with Crippen LogP contribution in [-0.2, 0) is 20.8 Å². The Labute approximate surface area is 171 Å². The van der Waals surface area contributed by atoms with Gasteiger partial charge in [-0.2, -0.15) is 0 Å². The van der Waals surface area contributed by atoms with Crippen LogP contribution in [0.2, 0.25) is 0 Å². The highest BCUT2D eigenvalue weighted by molar-refractivity contribution is 5.77. The van der Waals surface area contributed by atoms with Crippen molar-refractivity contribution in [3.05, 3.63) is 35.9 Å². The van der Waals surface area contributed by atoms with Gasteiger partial charge in [-0.1, -0.05) is 49.6 Å². The van der Waals surface area contributed by atoms with E-state index in [4.69, 9.17) is 21.1 Å². The summed E-state index contributed by atoms with van der Waals surface area (Å²) in [5, 5.41) is 29.0. The van der Waals surface area contributed by atoms with Crippen LogP contribution in [0.3, 0.4) is 0 Å². The Morgan fingerprint density at radius 3 is 2.07 bits per heavy atom. The number of aryl methyl sites for hydroxylation is 1. The van der Waals surface area contributed by atoms with Crippen LogP contribution in [0.25, 0.3) is 0 Å². The maximum atomic E-state index is 11.0. The SMILES string of the molecule is C[C@@H](N[C@@H](CCc1ccccc1)C(=O)O)C(=O)O.N[C@H](C(=O)O)C1CCCCC1. The highest BCUT2D eigenvalue weighted by Crippen LogP contribution is 2.25. The molecule has 0 heterocycles. The molecule has 2 rings (SSSR count). The maximum absolute atomic E-state index is 11.0. The lowest BCUT2D eigenvalue weighted by atomic mass is 9.84. The second-order valence-electron chi connectivity index (χ2n) is 7.40. The number of carbonyl (C=O) groups is 3. The smallest absolute Gasteiger partial charge is 0.320 e. The molecule has 1 saturated carbocycles. The third-order valence-corrected chi connectivity index (χ3v) is 5.13. The molecule has 1 aliphatic carbocycles. The van der Waals surface area contributed by atoms with E-state index in [1.165, 1.54) is 13.3 Å². The maximum Gasteiger partial charge on any atom is 0.320 e. The van der Waals surface area contributed by atoms with Crippen molar-refractivity contribution in [2.45, 2.75) is 70.0 Å². The van der Waals surface area contributed by atoms with Crippen molar-refractivity contribution >= 4 is 17.9 Å². The lowest BCUT2D eigenvalue weighted by Crippen LogP contribution is -2.45. The molecule has 6 N–H and O–H groups in total. The van der Waals surface area contributed by atoms with Crippen molar-refractivity contribution in [1.29, 1.82) is 0 Å². The van der Waals surface area contributed by atoms with Gasteiger partial charge in [0.2, 0.25) is 0 Å². The average Bonchev–Trinajstić information content (AvgIpc) is 2.71. The van der Waals surface area contributed by atoms with Crippen molar-refractivity contribution < 1.29 is 29.7 Å². The van der Waals surface area contributed by atoms with E-state index in [9.17, 15) is 14.4 Å². The zero-order chi connectivity index (χ0) is 21.8. The summed E-state index contributed by atoms with van der Waals surface area (Å²) in [7, 11) is 0. The van der Waals surface area contributed by atoms with Crippen LogP contribution in [-0.4, -0.2) is 51.4 Å². The van der Waals surface area contributed by atoms with Crippen molar-refractivity contribution in [3.63, 3.8) is 0 Å². The van der Waals surface area contributed by atoms with E-state index < -0.39 is 36.0 Å². The minimum absolute atomic E-state index is 0.223. The van der Waals surface area contributed by atoms with Gasteiger partial charge in [0.25, 0.3) is 0 Å². The van der Waals surface area contributed by atoms with Crippen LogP contribution >= 0.6 is 0 Å². The summed E-state index contributed by atoms with van der Waals surface area (Å²) in [5.74, 6) is -2.71. The Balaban J connectivity index is 0.000000326. The summed E-state index contributed by atoms with van der Waals surface area (Å²) in [6.45, 7) is 1.43. The minimum Gasteiger partial charge on any atom is -0.480 e. The molecule has 0 unspecified atom stereocenters. The largest absolute Gasteiger partial charge is 0.480 e. The molecule has 0 aliphatic heterocycles. The van der Waals surface area contributed by atoms with Gasteiger partial charge in [-0.15, -0.1) is 0 Å². The number of carboxylic acids is 3.